The van der Waals surface area contributed by atoms with E-state index in [4.69, 9.17) is 28.0 Å². The van der Waals surface area contributed by atoms with Crippen molar-refractivity contribution < 1.29 is 28.7 Å². The molecule has 1 aromatic rings. The second-order valence-corrected chi connectivity index (χ2v) is 4.18. The molecule has 6 N–H and O–H groups in total. The van der Waals surface area contributed by atoms with Crippen molar-refractivity contribution in [3.8, 4) is 0 Å². The van der Waals surface area contributed by atoms with Crippen molar-refractivity contribution in [2.75, 3.05) is 6.61 Å². The van der Waals surface area contributed by atoms with E-state index in [1.54, 1.807) is 16.9 Å². The number of esters is 2. The van der Waals surface area contributed by atoms with Gasteiger partial charge in [-0.3, -0.25) is 15.6 Å². The molecule has 0 aliphatic rings. The second-order valence-electron chi connectivity index (χ2n) is 3.36. The minimum absolute atomic E-state index is 0.0746. The Morgan fingerprint density at radius 1 is 1.17 bits per heavy atom. The molecule has 0 heterocycles. The van der Waals surface area contributed by atoms with E-state index < -0.39 is 24.6 Å². The molecule has 0 aliphatic heterocycles. The lowest BCUT2D eigenvalue weighted by Gasteiger charge is -2.07. The van der Waals surface area contributed by atoms with Gasteiger partial charge in [0.25, 0.3) is 0 Å². The maximum Gasteiger partial charge on any atom is 0.429 e. The molecular formula is C11H12Cl2N4O6. The number of hydrogen-bond acceptors (Lipinski definition) is 8. The molecule has 0 aliphatic carbocycles. The van der Waals surface area contributed by atoms with E-state index in [1.165, 1.54) is 12.1 Å². The van der Waals surface area contributed by atoms with Gasteiger partial charge in [-0.1, -0.05) is 29.3 Å². The molecule has 1 rings (SSSR count). The van der Waals surface area contributed by atoms with Gasteiger partial charge < -0.3 is 9.47 Å². The zero-order chi connectivity index (χ0) is 17.8. The molecule has 0 spiro atoms. The van der Waals surface area contributed by atoms with Crippen molar-refractivity contribution in [1.82, 2.24) is 10.9 Å². The van der Waals surface area contributed by atoms with Crippen LogP contribution in [0.3, 0.4) is 0 Å². The van der Waals surface area contributed by atoms with Crippen LogP contribution in [-0.4, -0.2) is 31.0 Å². The molecule has 0 saturated carbocycles. The van der Waals surface area contributed by atoms with E-state index in [1.807, 2.05) is 0 Å². The minimum Gasteiger partial charge on any atom is -0.450 e. The van der Waals surface area contributed by atoms with Crippen LogP contribution in [0.15, 0.2) is 18.2 Å². The number of halogens is 2. The summed E-state index contributed by atoms with van der Waals surface area (Å²) < 4.78 is 8.68. The molecule has 0 radical (unpaired) electrons. The Hall–Kier alpha value is -2.40. The summed E-state index contributed by atoms with van der Waals surface area (Å²) in [6, 6.07) is 4.41. The fraction of sp³-hybridized carbons (Fsp3) is 0.0909. The lowest BCUT2D eigenvalue weighted by Crippen LogP contribution is -2.33. The van der Waals surface area contributed by atoms with Gasteiger partial charge in [-0.05, 0) is 12.1 Å². The Morgan fingerprint density at radius 3 is 2.13 bits per heavy atom. The van der Waals surface area contributed by atoms with Crippen molar-refractivity contribution in [2.24, 2.45) is 11.7 Å². The first kappa shape index (κ1) is 20.6. The number of benzene rings is 1. The van der Waals surface area contributed by atoms with Crippen LogP contribution in [0.1, 0.15) is 10.4 Å². The van der Waals surface area contributed by atoms with Crippen molar-refractivity contribution in [3.63, 3.8) is 0 Å². The van der Waals surface area contributed by atoms with E-state index in [0.29, 0.717) is 6.41 Å². The van der Waals surface area contributed by atoms with Gasteiger partial charge in [0.1, 0.15) is 0 Å². The average Bonchev–Trinajstić information content (AvgIpc) is 2.52. The Bertz CT molecular complexity index is 563. The number of rotatable bonds is 4. The summed E-state index contributed by atoms with van der Waals surface area (Å²) in [5, 5.41) is 0.149. The maximum absolute atomic E-state index is 11.6. The molecule has 0 bridgehead atoms. The van der Waals surface area contributed by atoms with Crippen LogP contribution in [-0.2, 0) is 19.1 Å². The quantitative estimate of drug-likeness (QED) is 0.143. The SMILES string of the molecule is NNC(=O)OC(=O)COC(=O)c1c(Cl)cccc1Cl.NNC=O. The molecule has 0 aromatic heterocycles. The number of amides is 2. The zero-order valence-electron chi connectivity index (χ0n) is 11.4. The molecule has 0 atom stereocenters. The molecule has 1 aromatic carbocycles. The largest absolute Gasteiger partial charge is 0.450 e. The first-order valence-electron chi connectivity index (χ1n) is 5.59. The summed E-state index contributed by atoms with van der Waals surface area (Å²) >= 11 is 11.5. The lowest BCUT2D eigenvalue weighted by atomic mass is 10.2. The molecule has 0 fully saturated rings. The number of nitrogens with two attached hydrogens (primary N) is 2. The lowest BCUT2D eigenvalue weighted by molar-refractivity contribution is -0.140. The Kier molecular flexibility index (Phi) is 10.0. The number of hydrazine groups is 2. The van der Waals surface area contributed by atoms with Crippen molar-refractivity contribution >= 4 is 47.6 Å². The Labute approximate surface area is 139 Å². The summed E-state index contributed by atoms with van der Waals surface area (Å²) in [5.74, 6) is 7.08. The fourth-order valence-corrected chi connectivity index (χ4v) is 1.60. The summed E-state index contributed by atoms with van der Waals surface area (Å²) in [7, 11) is 0. The third kappa shape index (κ3) is 7.97. The molecule has 23 heavy (non-hydrogen) atoms. The molecule has 0 unspecified atom stereocenters. The van der Waals surface area contributed by atoms with Gasteiger partial charge in [0.05, 0.1) is 15.6 Å². The van der Waals surface area contributed by atoms with Gasteiger partial charge in [-0.15, -0.1) is 0 Å². The number of hydrogen-bond donors (Lipinski definition) is 4. The Morgan fingerprint density at radius 2 is 1.70 bits per heavy atom. The van der Waals surface area contributed by atoms with Crippen molar-refractivity contribution in [1.29, 1.82) is 0 Å². The summed E-state index contributed by atoms with van der Waals surface area (Å²) in [5.41, 5.74) is 3.24. The maximum atomic E-state index is 11.6. The molecule has 126 valence electrons. The zero-order valence-corrected chi connectivity index (χ0v) is 12.9. The number of ether oxygens (including phenoxy) is 2. The third-order valence-corrected chi connectivity index (χ3v) is 2.51. The predicted octanol–water partition coefficient (Wildman–Crippen LogP) is -0.117. The minimum atomic E-state index is -1.17. The first-order valence-corrected chi connectivity index (χ1v) is 6.35. The van der Waals surface area contributed by atoms with Crippen molar-refractivity contribution in [3.05, 3.63) is 33.8 Å². The predicted molar refractivity (Wildman–Crippen MR) is 78.9 cm³/mol. The third-order valence-electron chi connectivity index (χ3n) is 1.88. The Balaban J connectivity index is 0.00000108. The van der Waals surface area contributed by atoms with E-state index in [0.717, 1.165) is 0 Å². The molecular weight excluding hydrogens is 355 g/mol. The summed E-state index contributed by atoms with van der Waals surface area (Å²) in [4.78, 5) is 42.2. The van der Waals surface area contributed by atoms with Gasteiger partial charge in [-0.25, -0.2) is 26.1 Å². The highest BCUT2D eigenvalue weighted by Gasteiger charge is 2.18. The van der Waals surface area contributed by atoms with Gasteiger partial charge in [0.2, 0.25) is 6.41 Å². The monoisotopic (exact) mass is 366 g/mol. The van der Waals surface area contributed by atoms with Crippen LogP contribution < -0.4 is 22.5 Å². The normalized spacial score (nSPS) is 8.87. The number of carbonyl (C=O) groups excluding carboxylic acids is 4. The second kappa shape index (κ2) is 11.2. The molecule has 2 amide bonds. The van der Waals surface area contributed by atoms with Crippen LogP contribution in [0.25, 0.3) is 0 Å². The number of carbonyl (C=O) groups is 4. The van der Waals surface area contributed by atoms with Gasteiger partial charge in [-0.2, -0.15) is 0 Å². The van der Waals surface area contributed by atoms with Gasteiger partial charge >= 0.3 is 18.0 Å². The van der Waals surface area contributed by atoms with Crippen LogP contribution in [0.5, 0.6) is 0 Å². The summed E-state index contributed by atoms with van der Waals surface area (Å²) in [6.07, 6.45) is -0.767. The highest BCUT2D eigenvalue weighted by molar-refractivity contribution is 6.39. The number of nitrogens with one attached hydrogen (secondary N) is 2. The average molecular weight is 367 g/mol. The topological polar surface area (TPSA) is 163 Å². The van der Waals surface area contributed by atoms with Crippen LogP contribution in [0.4, 0.5) is 4.79 Å². The van der Waals surface area contributed by atoms with Gasteiger partial charge in [0, 0.05) is 0 Å². The van der Waals surface area contributed by atoms with Crippen LogP contribution in [0.2, 0.25) is 10.0 Å². The molecule has 10 nitrogen and oxygen atoms in total. The van der Waals surface area contributed by atoms with E-state index in [-0.39, 0.29) is 15.6 Å². The molecule has 0 saturated heterocycles. The standard InChI is InChI=1S/C10H8Cl2N2O5.CH4N2O/c11-5-2-1-3-6(12)8(5)9(16)18-4-7(15)19-10(17)14-13;2-3-1-4/h1-3H,4,13H2,(H,14,17);1H,2H2,(H,3,4). The fourth-order valence-electron chi connectivity index (χ4n) is 1.05. The highest BCUT2D eigenvalue weighted by Crippen LogP contribution is 2.24. The van der Waals surface area contributed by atoms with E-state index >= 15 is 0 Å². The summed E-state index contributed by atoms with van der Waals surface area (Å²) in [6.45, 7) is -0.784. The molecule has 12 heteroatoms. The van der Waals surface area contributed by atoms with Gasteiger partial charge in [0.15, 0.2) is 6.61 Å². The smallest absolute Gasteiger partial charge is 0.429 e. The van der Waals surface area contributed by atoms with Crippen LogP contribution >= 0.6 is 23.2 Å². The van der Waals surface area contributed by atoms with E-state index in [9.17, 15) is 14.4 Å². The first-order chi connectivity index (χ1) is 10.9. The van der Waals surface area contributed by atoms with E-state index in [2.05, 4.69) is 21.2 Å². The van der Waals surface area contributed by atoms with Crippen LogP contribution in [0, 0.1) is 0 Å². The highest BCUT2D eigenvalue weighted by atomic mass is 35.5. The van der Waals surface area contributed by atoms with Crippen molar-refractivity contribution in [2.45, 2.75) is 0 Å².